The van der Waals surface area contributed by atoms with Gasteiger partial charge in [-0.25, -0.2) is 14.0 Å². The standard InChI is InChI=1S/C22H25ClFNO5/c1-22(2,3)30-21(29)25-16(12-19(26)20(27)28)10-13-4-6-14(7-5-13)17-11-15(23)8-9-18(17)24/h4-9,11,16,19,26H,10,12H2,1-3H3,(H,25,29)(H,27,28)/t16-,19-/m1/s1. The van der Waals surface area contributed by atoms with Crippen molar-refractivity contribution >= 4 is 23.7 Å². The summed E-state index contributed by atoms with van der Waals surface area (Å²) < 4.78 is 19.3. The minimum Gasteiger partial charge on any atom is -0.479 e. The van der Waals surface area contributed by atoms with Crippen LogP contribution in [0.25, 0.3) is 11.1 Å². The maximum atomic E-state index is 14.1. The zero-order chi connectivity index (χ0) is 22.5. The highest BCUT2D eigenvalue weighted by molar-refractivity contribution is 6.30. The molecule has 0 spiro atoms. The molecule has 2 aromatic carbocycles. The largest absolute Gasteiger partial charge is 0.479 e. The van der Waals surface area contributed by atoms with E-state index in [9.17, 15) is 19.1 Å². The molecule has 0 heterocycles. The molecule has 6 nitrogen and oxygen atoms in total. The minimum atomic E-state index is -1.63. The van der Waals surface area contributed by atoms with Crippen LogP contribution in [-0.2, 0) is 16.0 Å². The van der Waals surface area contributed by atoms with E-state index in [1.54, 1.807) is 45.0 Å². The number of hydrogen-bond acceptors (Lipinski definition) is 4. The van der Waals surface area contributed by atoms with Gasteiger partial charge in [0.05, 0.1) is 0 Å². The number of rotatable bonds is 7. The second-order valence-corrected chi connectivity index (χ2v) is 8.39. The van der Waals surface area contributed by atoms with Crippen LogP contribution < -0.4 is 5.32 Å². The van der Waals surface area contributed by atoms with E-state index in [-0.39, 0.29) is 12.8 Å². The van der Waals surface area contributed by atoms with Crippen LogP contribution in [0.5, 0.6) is 0 Å². The Morgan fingerprint density at radius 1 is 1.17 bits per heavy atom. The predicted octanol–water partition coefficient (Wildman–Crippen LogP) is 4.42. The molecule has 2 rings (SSSR count). The van der Waals surface area contributed by atoms with Crippen molar-refractivity contribution in [3.8, 4) is 11.1 Å². The molecule has 8 heteroatoms. The Balaban J connectivity index is 2.16. The van der Waals surface area contributed by atoms with E-state index in [0.717, 1.165) is 5.56 Å². The van der Waals surface area contributed by atoms with Gasteiger partial charge in [0.1, 0.15) is 11.4 Å². The molecular formula is C22H25ClFNO5. The third-order valence-corrected chi connectivity index (χ3v) is 4.42. The van der Waals surface area contributed by atoms with Gasteiger partial charge < -0.3 is 20.3 Å². The lowest BCUT2D eigenvalue weighted by Gasteiger charge is -2.24. The van der Waals surface area contributed by atoms with Crippen molar-refractivity contribution in [2.24, 2.45) is 0 Å². The summed E-state index contributed by atoms with van der Waals surface area (Å²) in [4.78, 5) is 23.1. The Bertz CT molecular complexity index is 895. The molecule has 2 aromatic rings. The van der Waals surface area contributed by atoms with Crippen LogP contribution >= 0.6 is 11.6 Å². The van der Waals surface area contributed by atoms with Crippen LogP contribution in [0.3, 0.4) is 0 Å². The lowest BCUT2D eigenvalue weighted by atomic mass is 9.98. The maximum Gasteiger partial charge on any atom is 0.407 e. The summed E-state index contributed by atoms with van der Waals surface area (Å²) in [5.41, 5.74) is 1.03. The third-order valence-electron chi connectivity index (χ3n) is 4.19. The second-order valence-electron chi connectivity index (χ2n) is 7.96. The van der Waals surface area contributed by atoms with E-state index >= 15 is 0 Å². The first-order valence-corrected chi connectivity index (χ1v) is 9.77. The number of nitrogens with one attached hydrogen (secondary N) is 1. The number of benzene rings is 2. The van der Waals surface area contributed by atoms with Crippen molar-refractivity contribution in [3.05, 3.63) is 58.9 Å². The number of carbonyl (C=O) groups excluding carboxylic acids is 1. The molecule has 0 saturated carbocycles. The molecule has 162 valence electrons. The van der Waals surface area contributed by atoms with Crippen molar-refractivity contribution in [2.45, 2.75) is 51.4 Å². The van der Waals surface area contributed by atoms with Crippen LogP contribution in [0, 0.1) is 5.82 Å². The van der Waals surface area contributed by atoms with Crippen molar-refractivity contribution in [3.63, 3.8) is 0 Å². The van der Waals surface area contributed by atoms with E-state index in [0.29, 0.717) is 16.1 Å². The molecular weight excluding hydrogens is 413 g/mol. The summed E-state index contributed by atoms with van der Waals surface area (Å²) in [7, 11) is 0. The van der Waals surface area contributed by atoms with E-state index in [4.69, 9.17) is 21.4 Å². The molecule has 0 unspecified atom stereocenters. The van der Waals surface area contributed by atoms with E-state index < -0.39 is 35.6 Å². The number of amides is 1. The Hall–Kier alpha value is -2.64. The first-order chi connectivity index (χ1) is 13.9. The number of hydrogen-bond donors (Lipinski definition) is 3. The number of carboxylic acid groups (broad SMARTS) is 1. The average molecular weight is 438 g/mol. The fourth-order valence-corrected chi connectivity index (χ4v) is 3.03. The highest BCUT2D eigenvalue weighted by Gasteiger charge is 2.24. The van der Waals surface area contributed by atoms with Crippen LogP contribution in [0.4, 0.5) is 9.18 Å². The molecule has 0 fully saturated rings. The first-order valence-electron chi connectivity index (χ1n) is 9.39. The summed E-state index contributed by atoms with van der Waals surface area (Å²) in [5, 5.41) is 21.7. The van der Waals surface area contributed by atoms with Crippen molar-refractivity contribution in [2.75, 3.05) is 0 Å². The summed E-state index contributed by atoms with van der Waals surface area (Å²) in [6.45, 7) is 5.13. The molecule has 2 atom stereocenters. The SMILES string of the molecule is CC(C)(C)OC(=O)N[C@H](Cc1ccc(-c2cc(Cl)ccc2F)cc1)C[C@@H](O)C(=O)O. The molecule has 0 aliphatic rings. The van der Waals surface area contributed by atoms with Gasteiger partial charge in [0.15, 0.2) is 6.10 Å². The Labute approximate surface area is 179 Å². The zero-order valence-electron chi connectivity index (χ0n) is 17.0. The van der Waals surface area contributed by atoms with E-state index in [2.05, 4.69) is 5.32 Å². The maximum absolute atomic E-state index is 14.1. The average Bonchev–Trinajstić information content (AvgIpc) is 2.62. The minimum absolute atomic E-state index is 0.195. The zero-order valence-corrected chi connectivity index (χ0v) is 17.7. The van der Waals surface area contributed by atoms with E-state index in [1.807, 2.05) is 0 Å². The van der Waals surface area contributed by atoms with Crippen LogP contribution in [0.1, 0.15) is 32.8 Å². The van der Waals surface area contributed by atoms with Crippen LogP contribution in [0.2, 0.25) is 5.02 Å². The fourth-order valence-electron chi connectivity index (χ4n) is 2.86. The molecule has 0 aliphatic carbocycles. The lowest BCUT2D eigenvalue weighted by Crippen LogP contribution is -2.43. The van der Waals surface area contributed by atoms with Gasteiger partial charge in [0.25, 0.3) is 0 Å². The van der Waals surface area contributed by atoms with Crippen LogP contribution in [-0.4, -0.2) is 40.0 Å². The Kier molecular flexibility index (Phi) is 7.81. The Morgan fingerprint density at radius 3 is 2.37 bits per heavy atom. The molecule has 0 aromatic heterocycles. The van der Waals surface area contributed by atoms with Gasteiger partial charge in [0, 0.05) is 23.0 Å². The van der Waals surface area contributed by atoms with Gasteiger partial charge in [-0.15, -0.1) is 0 Å². The highest BCUT2D eigenvalue weighted by Crippen LogP contribution is 2.26. The van der Waals surface area contributed by atoms with Gasteiger partial charge in [-0.1, -0.05) is 35.9 Å². The molecule has 0 saturated heterocycles. The first kappa shape index (κ1) is 23.6. The number of alkyl carbamates (subject to hydrolysis) is 1. The van der Waals surface area contributed by atoms with E-state index in [1.165, 1.54) is 18.2 Å². The Morgan fingerprint density at radius 2 is 1.80 bits per heavy atom. The van der Waals surface area contributed by atoms with Gasteiger partial charge >= 0.3 is 12.1 Å². The summed E-state index contributed by atoms with van der Waals surface area (Å²) >= 11 is 5.94. The summed E-state index contributed by atoms with van der Waals surface area (Å²) in [5.74, 6) is -1.78. The summed E-state index contributed by atoms with van der Waals surface area (Å²) in [6.07, 6.45) is -2.28. The van der Waals surface area contributed by atoms with Gasteiger partial charge in [-0.05, 0) is 56.5 Å². The summed E-state index contributed by atoms with van der Waals surface area (Å²) in [6, 6.07) is 10.5. The van der Waals surface area contributed by atoms with Gasteiger partial charge in [-0.2, -0.15) is 0 Å². The monoisotopic (exact) mass is 437 g/mol. The number of aliphatic hydroxyl groups is 1. The molecule has 3 N–H and O–H groups in total. The molecule has 0 radical (unpaired) electrons. The molecule has 0 bridgehead atoms. The van der Waals surface area contributed by atoms with Gasteiger partial charge in [0.2, 0.25) is 0 Å². The normalized spacial score (nSPS) is 13.4. The predicted molar refractivity (Wildman–Crippen MR) is 112 cm³/mol. The fraction of sp³-hybridized carbons (Fsp3) is 0.364. The van der Waals surface area contributed by atoms with Crippen molar-refractivity contribution in [1.82, 2.24) is 5.32 Å². The van der Waals surface area contributed by atoms with Crippen molar-refractivity contribution in [1.29, 1.82) is 0 Å². The lowest BCUT2D eigenvalue weighted by molar-refractivity contribution is -0.147. The van der Waals surface area contributed by atoms with Gasteiger partial charge in [-0.3, -0.25) is 0 Å². The number of carbonyl (C=O) groups is 2. The smallest absolute Gasteiger partial charge is 0.407 e. The van der Waals surface area contributed by atoms with Crippen molar-refractivity contribution < 1.29 is 28.9 Å². The number of ether oxygens (including phenoxy) is 1. The number of halogens is 2. The molecule has 30 heavy (non-hydrogen) atoms. The second kappa shape index (κ2) is 9.91. The van der Waals surface area contributed by atoms with Crippen LogP contribution in [0.15, 0.2) is 42.5 Å². The number of carboxylic acids is 1. The topological polar surface area (TPSA) is 95.9 Å². The highest BCUT2D eigenvalue weighted by atomic mass is 35.5. The molecule has 0 aliphatic heterocycles. The third kappa shape index (κ3) is 7.31. The number of aliphatic hydroxyl groups excluding tert-OH is 1. The molecule has 1 amide bonds. The quantitative estimate of drug-likeness (QED) is 0.596. The number of aliphatic carboxylic acids is 1.